The summed E-state index contributed by atoms with van der Waals surface area (Å²) < 4.78 is 1.75. The highest BCUT2D eigenvalue weighted by Gasteiger charge is 2.28. The van der Waals surface area contributed by atoms with Gasteiger partial charge in [-0.15, -0.1) is 0 Å². The highest BCUT2D eigenvalue weighted by atomic mass is 16.1. The molecule has 0 bridgehead atoms. The molecule has 1 amide bonds. The molecule has 0 unspecified atom stereocenters. The number of hydrogen-bond donors (Lipinski definition) is 2. The molecule has 1 fully saturated rings. The van der Waals surface area contributed by atoms with Gasteiger partial charge in [-0.3, -0.25) is 9.48 Å². The highest BCUT2D eigenvalue weighted by molar-refractivity contribution is 5.95. The maximum atomic E-state index is 12.2. The van der Waals surface area contributed by atoms with E-state index in [-0.39, 0.29) is 5.91 Å². The first kappa shape index (κ1) is 20.4. The molecule has 0 saturated carbocycles. The molecule has 3 heterocycles. The maximum Gasteiger partial charge on any atom is 0.271 e. The molecule has 9 heteroatoms. The number of likely N-dealkylation sites (N-methyl/N-ethyl adjacent to an activating group) is 1. The topological polar surface area (TPSA) is 91.2 Å². The zero-order valence-corrected chi connectivity index (χ0v) is 18.7. The molecule has 32 heavy (non-hydrogen) atoms. The van der Waals surface area contributed by atoms with Gasteiger partial charge in [-0.1, -0.05) is 0 Å². The predicted octanol–water partition coefficient (Wildman–Crippen LogP) is 1.83. The van der Waals surface area contributed by atoms with Gasteiger partial charge in [-0.25, -0.2) is 9.97 Å². The van der Waals surface area contributed by atoms with Crippen LogP contribution < -0.4 is 15.5 Å². The standard InChI is InChI=1S/C23H28N8O/c1-24-22(32)20-18-9-4-15-14-25-23(27-19(15)21(18)30(3)28-20)26-16-5-7-17(8-6-16)31-12-10-29(2)11-13-31/h5-8,14H,4,9-13H2,1-3H3,(H,24,32)(H,25,26,27). The SMILES string of the molecule is CNC(=O)c1nn(C)c2c1CCc1cnc(Nc3ccc(N4CCN(C)CC4)cc3)nc1-2. The third-order valence-corrected chi connectivity index (χ3v) is 6.31. The van der Waals surface area contributed by atoms with Crippen molar-refractivity contribution in [1.82, 2.24) is 30.0 Å². The van der Waals surface area contributed by atoms with Gasteiger partial charge in [0, 0.05) is 63.4 Å². The van der Waals surface area contributed by atoms with Gasteiger partial charge in [0.05, 0.1) is 11.4 Å². The van der Waals surface area contributed by atoms with E-state index in [4.69, 9.17) is 4.98 Å². The number of carbonyl (C=O) groups is 1. The van der Waals surface area contributed by atoms with Crippen LogP contribution in [-0.2, 0) is 19.9 Å². The summed E-state index contributed by atoms with van der Waals surface area (Å²) in [6.45, 7) is 4.26. The van der Waals surface area contributed by atoms with Crippen molar-refractivity contribution in [2.75, 3.05) is 50.5 Å². The third-order valence-electron chi connectivity index (χ3n) is 6.31. The maximum absolute atomic E-state index is 12.2. The molecule has 1 saturated heterocycles. The van der Waals surface area contributed by atoms with Crippen molar-refractivity contribution >= 4 is 23.2 Å². The van der Waals surface area contributed by atoms with Crippen LogP contribution in [0.1, 0.15) is 21.6 Å². The van der Waals surface area contributed by atoms with Gasteiger partial charge in [0.2, 0.25) is 5.95 Å². The van der Waals surface area contributed by atoms with Crippen LogP contribution in [0, 0.1) is 0 Å². The number of benzene rings is 1. The monoisotopic (exact) mass is 432 g/mol. The lowest BCUT2D eigenvalue weighted by Crippen LogP contribution is -2.44. The summed E-state index contributed by atoms with van der Waals surface area (Å²) in [5, 5.41) is 10.5. The predicted molar refractivity (Wildman–Crippen MR) is 124 cm³/mol. The van der Waals surface area contributed by atoms with E-state index in [9.17, 15) is 4.79 Å². The lowest BCUT2D eigenvalue weighted by molar-refractivity contribution is 0.0956. The zero-order valence-electron chi connectivity index (χ0n) is 18.7. The lowest BCUT2D eigenvalue weighted by Gasteiger charge is -2.34. The summed E-state index contributed by atoms with van der Waals surface area (Å²) in [5.41, 5.74) is 6.39. The largest absolute Gasteiger partial charge is 0.369 e. The highest BCUT2D eigenvalue weighted by Crippen LogP contribution is 2.34. The van der Waals surface area contributed by atoms with E-state index in [1.807, 2.05) is 13.2 Å². The van der Waals surface area contributed by atoms with E-state index in [0.717, 1.165) is 67.2 Å². The second-order valence-electron chi connectivity index (χ2n) is 8.41. The molecule has 9 nitrogen and oxygen atoms in total. The molecular weight excluding hydrogens is 404 g/mol. The Hall–Kier alpha value is -3.46. The van der Waals surface area contributed by atoms with Crippen LogP contribution in [0.5, 0.6) is 0 Å². The average Bonchev–Trinajstić information content (AvgIpc) is 3.16. The summed E-state index contributed by atoms with van der Waals surface area (Å²) in [6, 6.07) is 8.41. The van der Waals surface area contributed by atoms with Gasteiger partial charge in [0.1, 0.15) is 0 Å². The number of amides is 1. The number of piperazine rings is 1. The smallest absolute Gasteiger partial charge is 0.271 e. The van der Waals surface area contributed by atoms with E-state index in [1.165, 1.54) is 5.69 Å². The minimum atomic E-state index is -0.168. The van der Waals surface area contributed by atoms with Crippen molar-refractivity contribution < 1.29 is 4.79 Å². The summed E-state index contributed by atoms with van der Waals surface area (Å²) in [5.74, 6) is 0.366. The molecule has 2 aromatic heterocycles. The molecule has 0 radical (unpaired) electrons. The minimum absolute atomic E-state index is 0.168. The van der Waals surface area contributed by atoms with E-state index in [2.05, 4.69) is 61.8 Å². The second-order valence-corrected chi connectivity index (χ2v) is 8.41. The zero-order chi connectivity index (χ0) is 22.2. The molecule has 1 aromatic carbocycles. The molecule has 5 rings (SSSR count). The second kappa shape index (κ2) is 8.23. The number of fused-ring (bicyclic) bond motifs is 3. The molecule has 2 aliphatic rings. The average molecular weight is 433 g/mol. The normalized spacial score (nSPS) is 15.8. The first-order chi connectivity index (χ1) is 15.5. The quantitative estimate of drug-likeness (QED) is 0.650. The van der Waals surface area contributed by atoms with Gasteiger partial charge < -0.3 is 20.4 Å². The van der Waals surface area contributed by atoms with Crippen LogP contribution in [0.15, 0.2) is 30.5 Å². The lowest BCUT2D eigenvalue weighted by atomic mass is 9.93. The molecule has 1 aliphatic heterocycles. The summed E-state index contributed by atoms with van der Waals surface area (Å²) in [4.78, 5) is 26.3. The first-order valence-electron chi connectivity index (χ1n) is 11.0. The number of nitrogens with zero attached hydrogens (tertiary/aromatic N) is 6. The van der Waals surface area contributed by atoms with E-state index < -0.39 is 0 Å². The van der Waals surface area contributed by atoms with Gasteiger partial charge in [-0.2, -0.15) is 5.10 Å². The van der Waals surface area contributed by atoms with Crippen LogP contribution in [-0.4, -0.2) is 70.8 Å². The molecular formula is C23H28N8O. The third kappa shape index (κ3) is 3.69. The fourth-order valence-corrected chi connectivity index (χ4v) is 4.47. The Labute approximate surface area is 187 Å². The summed E-state index contributed by atoms with van der Waals surface area (Å²) >= 11 is 0. The van der Waals surface area contributed by atoms with E-state index >= 15 is 0 Å². The van der Waals surface area contributed by atoms with Crippen molar-refractivity contribution in [3.8, 4) is 11.4 Å². The Morgan fingerprint density at radius 1 is 1.03 bits per heavy atom. The number of carbonyl (C=O) groups excluding carboxylic acids is 1. The molecule has 3 aromatic rings. The fourth-order valence-electron chi connectivity index (χ4n) is 4.47. The van der Waals surface area contributed by atoms with Crippen molar-refractivity contribution in [1.29, 1.82) is 0 Å². The van der Waals surface area contributed by atoms with E-state index in [1.54, 1.807) is 11.7 Å². The molecule has 1 aliphatic carbocycles. The number of anilines is 3. The fraction of sp³-hybridized carbons (Fsp3) is 0.391. The van der Waals surface area contributed by atoms with Gasteiger partial charge in [-0.05, 0) is 49.7 Å². The van der Waals surface area contributed by atoms with Gasteiger partial charge in [0.25, 0.3) is 5.91 Å². The number of aryl methyl sites for hydroxylation is 2. The number of nitrogens with one attached hydrogen (secondary N) is 2. The summed E-state index contributed by atoms with van der Waals surface area (Å²) in [6.07, 6.45) is 3.42. The number of aromatic nitrogens is 4. The minimum Gasteiger partial charge on any atom is -0.369 e. The van der Waals surface area contributed by atoms with Crippen LogP contribution in [0.2, 0.25) is 0 Å². The van der Waals surface area contributed by atoms with Crippen LogP contribution in [0.4, 0.5) is 17.3 Å². The number of rotatable bonds is 4. The van der Waals surface area contributed by atoms with E-state index in [0.29, 0.717) is 11.6 Å². The Morgan fingerprint density at radius 2 is 1.78 bits per heavy atom. The first-order valence-corrected chi connectivity index (χ1v) is 11.0. The van der Waals surface area contributed by atoms with Crippen molar-refractivity contribution in [2.45, 2.75) is 12.8 Å². The van der Waals surface area contributed by atoms with Crippen LogP contribution >= 0.6 is 0 Å². The number of hydrogen-bond acceptors (Lipinski definition) is 7. The van der Waals surface area contributed by atoms with Crippen LogP contribution in [0.25, 0.3) is 11.4 Å². The Kier molecular flexibility index (Phi) is 5.26. The van der Waals surface area contributed by atoms with Gasteiger partial charge in [0.15, 0.2) is 5.69 Å². The van der Waals surface area contributed by atoms with Crippen LogP contribution in [0.3, 0.4) is 0 Å². The Bertz CT molecular complexity index is 1150. The molecule has 166 valence electrons. The van der Waals surface area contributed by atoms with Crippen molar-refractivity contribution in [3.05, 3.63) is 47.3 Å². The molecule has 0 spiro atoms. The Morgan fingerprint density at radius 3 is 2.50 bits per heavy atom. The van der Waals surface area contributed by atoms with Gasteiger partial charge >= 0.3 is 0 Å². The molecule has 0 atom stereocenters. The Balaban J connectivity index is 1.38. The summed E-state index contributed by atoms with van der Waals surface area (Å²) in [7, 11) is 5.64. The van der Waals surface area contributed by atoms with Crippen molar-refractivity contribution in [2.24, 2.45) is 7.05 Å². The molecule has 2 N–H and O–H groups in total. The van der Waals surface area contributed by atoms with Crippen molar-refractivity contribution in [3.63, 3.8) is 0 Å².